The van der Waals surface area contributed by atoms with Gasteiger partial charge in [-0.15, -0.1) is 0 Å². The first kappa shape index (κ1) is 22.4. The van der Waals surface area contributed by atoms with Crippen molar-refractivity contribution in [3.8, 4) is 5.69 Å². The van der Waals surface area contributed by atoms with Crippen LogP contribution in [0.2, 0.25) is 5.02 Å². The fourth-order valence-corrected chi connectivity index (χ4v) is 5.73. The van der Waals surface area contributed by atoms with Gasteiger partial charge >= 0.3 is 0 Å². The zero-order valence-corrected chi connectivity index (χ0v) is 20.8. The highest BCUT2D eigenvalue weighted by atomic mass is 35.5. The Morgan fingerprint density at radius 2 is 2.03 bits per heavy atom. The molecule has 172 valence electrons. The highest BCUT2D eigenvalue weighted by Gasteiger charge is 2.42. The lowest BCUT2D eigenvalue weighted by Gasteiger charge is -2.30. The van der Waals surface area contributed by atoms with Gasteiger partial charge in [0.05, 0.1) is 23.9 Å². The molecular weight excluding hydrogens is 452 g/mol. The third-order valence-corrected chi connectivity index (χ3v) is 7.65. The summed E-state index contributed by atoms with van der Waals surface area (Å²) in [7, 11) is 0. The van der Waals surface area contributed by atoms with E-state index in [9.17, 15) is 0 Å². The summed E-state index contributed by atoms with van der Waals surface area (Å²) in [6.45, 7) is 8.01. The van der Waals surface area contributed by atoms with Crippen LogP contribution in [0.3, 0.4) is 0 Å². The Kier molecular flexibility index (Phi) is 6.16. The second kappa shape index (κ2) is 9.09. The maximum Gasteiger partial charge on any atom is 0.170 e. The Hall–Kier alpha value is -2.41. The number of thiocarbonyl (C=S) groups is 1. The van der Waals surface area contributed by atoms with Crippen molar-refractivity contribution in [3.63, 3.8) is 0 Å². The normalized spacial score (nSPS) is 22.7. The van der Waals surface area contributed by atoms with E-state index in [4.69, 9.17) is 28.6 Å². The fourth-order valence-electron chi connectivity index (χ4n) is 5.24. The van der Waals surface area contributed by atoms with Crippen LogP contribution in [-0.2, 0) is 4.74 Å². The largest absolute Gasteiger partial charge is 0.376 e. The van der Waals surface area contributed by atoms with Gasteiger partial charge in [0, 0.05) is 41.4 Å². The zero-order chi connectivity index (χ0) is 23.1. The summed E-state index contributed by atoms with van der Waals surface area (Å²) in [5, 5.41) is 5.10. The lowest BCUT2D eigenvalue weighted by Crippen LogP contribution is -2.36. The second-order valence-electron chi connectivity index (χ2n) is 8.96. The van der Waals surface area contributed by atoms with E-state index in [1.807, 2.05) is 30.5 Å². The molecule has 1 N–H and O–H groups in total. The monoisotopic (exact) mass is 480 g/mol. The van der Waals surface area contributed by atoms with Crippen molar-refractivity contribution in [1.82, 2.24) is 19.8 Å². The smallest absolute Gasteiger partial charge is 0.170 e. The molecule has 2 aromatic heterocycles. The standard InChI is InChI=1S/C26H29ClN4OS/c1-16-14-20(18(3)31(16)23-11-6-9-21(27)17(23)2)25-24(22-10-4-5-12-28-22)29-26(33)30(25)15-19-8-7-13-32-19/h4-6,9-12,14,19,24-25H,7-8,13,15H2,1-3H3,(H,29,33)/t19-,24+,25-/m0/s1. The van der Waals surface area contributed by atoms with Gasteiger partial charge in [-0.3, -0.25) is 4.98 Å². The molecule has 3 aromatic rings. The highest BCUT2D eigenvalue weighted by Crippen LogP contribution is 2.42. The van der Waals surface area contributed by atoms with Crippen LogP contribution in [0.5, 0.6) is 0 Å². The molecule has 7 heteroatoms. The SMILES string of the molecule is Cc1c(Cl)cccc1-n1c(C)cc([C@H]2[C@@H](c3ccccn3)NC(=S)N2C[C@@H]2CCCO2)c1C. The van der Waals surface area contributed by atoms with Crippen LogP contribution in [0.15, 0.2) is 48.7 Å². The molecule has 0 radical (unpaired) electrons. The minimum absolute atomic E-state index is 0.0241. The molecule has 3 atom stereocenters. The molecule has 0 saturated carbocycles. The van der Waals surface area contributed by atoms with E-state index in [0.717, 1.165) is 53.1 Å². The summed E-state index contributed by atoms with van der Waals surface area (Å²) in [5.41, 5.74) is 6.77. The minimum atomic E-state index is -0.0329. The molecule has 2 saturated heterocycles. The topological polar surface area (TPSA) is 42.3 Å². The van der Waals surface area contributed by atoms with E-state index < -0.39 is 0 Å². The number of ether oxygens (including phenoxy) is 1. The molecule has 5 nitrogen and oxygen atoms in total. The predicted octanol–water partition coefficient (Wildman–Crippen LogP) is 5.60. The molecule has 2 aliphatic heterocycles. The van der Waals surface area contributed by atoms with Crippen molar-refractivity contribution in [1.29, 1.82) is 0 Å². The second-order valence-corrected chi connectivity index (χ2v) is 9.75. The molecule has 2 aliphatic rings. The molecule has 5 rings (SSSR count). The Morgan fingerprint density at radius 3 is 2.76 bits per heavy atom. The van der Waals surface area contributed by atoms with Gasteiger partial charge in [-0.1, -0.05) is 23.7 Å². The molecule has 2 fully saturated rings. The van der Waals surface area contributed by atoms with E-state index in [2.05, 4.69) is 58.7 Å². The number of rotatable bonds is 5. The number of hydrogen-bond acceptors (Lipinski definition) is 3. The summed E-state index contributed by atoms with van der Waals surface area (Å²) < 4.78 is 8.28. The molecule has 0 bridgehead atoms. The summed E-state index contributed by atoms with van der Waals surface area (Å²) >= 11 is 12.3. The van der Waals surface area contributed by atoms with Crippen molar-refractivity contribution in [2.75, 3.05) is 13.2 Å². The fraction of sp³-hybridized carbons (Fsp3) is 0.385. The van der Waals surface area contributed by atoms with Crippen molar-refractivity contribution < 1.29 is 4.74 Å². The lowest BCUT2D eigenvalue weighted by atomic mass is 9.96. The quantitative estimate of drug-likeness (QED) is 0.481. The average Bonchev–Trinajstić information content (AvgIpc) is 3.51. The zero-order valence-electron chi connectivity index (χ0n) is 19.2. The molecule has 0 aliphatic carbocycles. The van der Waals surface area contributed by atoms with E-state index in [0.29, 0.717) is 0 Å². The van der Waals surface area contributed by atoms with Crippen LogP contribution in [-0.4, -0.2) is 38.8 Å². The van der Waals surface area contributed by atoms with Gasteiger partial charge in [0.25, 0.3) is 0 Å². The molecule has 0 spiro atoms. The number of nitrogens with one attached hydrogen (secondary N) is 1. The first-order chi connectivity index (χ1) is 16.0. The number of pyridine rings is 1. The maximum atomic E-state index is 6.47. The van der Waals surface area contributed by atoms with Crippen molar-refractivity contribution in [2.24, 2.45) is 0 Å². The van der Waals surface area contributed by atoms with Gasteiger partial charge in [0.15, 0.2) is 5.11 Å². The Bertz CT molecular complexity index is 1170. The molecule has 0 unspecified atom stereocenters. The Balaban J connectivity index is 1.61. The van der Waals surface area contributed by atoms with E-state index in [1.165, 1.54) is 17.0 Å². The average molecular weight is 481 g/mol. The van der Waals surface area contributed by atoms with Crippen LogP contribution in [0.25, 0.3) is 5.69 Å². The van der Waals surface area contributed by atoms with Gasteiger partial charge in [-0.25, -0.2) is 0 Å². The van der Waals surface area contributed by atoms with Gasteiger partial charge in [-0.2, -0.15) is 0 Å². The van der Waals surface area contributed by atoms with E-state index >= 15 is 0 Å². The van der Waals surface area contributed by atoms with Crippen molar-refractivity contribution in [3.05, 3.63) is 81.9 Å². The number of aromatic nitrogens is 2. The van der Waals surface area contributed by atoms with Crippen LogP contribution < -0.4 is 5.32 Å². The lowest BCUT2D eigenvalue weighted by molar-refractivity contribution is 0.0842. The van der Waals surface area contributed by atoms with Gasteiger partial charge < -0.3 is 19.5 Å². The molecule has 33 heavy (non-hydrogen) atoms. The summed E-state index contributed by atoms with van der Waals surface area (Å²) in [5.74, 6) is 0. The Morgan fingerprint density at radius 1 is 1.18 bits per heavy atom. The molecule has 4 heterocycles. The number of benzene rings is 1. The van der Waals surface area contributed by atoms with Crippen LogP contribution in [0.1, 0.15) is 53.1 Å². The predicted molar refractivity (Wildman–Crippen MR) is 136 cm³/mol. The van der Waals surface area contributed by atoms with Crippen LogP contribution >= 0.6 is 23.8 Å². The van der Waals surface area contributed by atoms with Gasteiger partial charge in [-0.05, 0) is 87.3 Å². The molecule has 0 amide bonds. The number of nitrogens with zero attached hydrogens (tertiary/aromatic N) is 3. The van der Waals surface area contributed by atoms with Gasteiger partial charge in [0.1, 0.15) is 0 Å². The van der Waals surface area contributed by atoms with E-state index in [1.54, 1.807) is 0 Å². The first-order valence-corrected chi connectivity index (χ1v) is 12.3. The summed E-state index contributed by atoms with van der Waals surface area (Å²) in [6, 6.07) is 14.4. The first-order valence-electron chi connectivity index (χ1n) is 11.5. The van der Waals surface area contributed by atoms with E-state index in [-0.39, 0.29) is 18.2 Å². The molecule has 1 aromatic carbocycles. The Labute approximate surface area is 205 Å². The third-order valence-electron chi connectivity index (χ3n) is 6.89. The third kappa shape index (κ3) is 4.05. The molecular formula is C26H29ClN4OS. The van der Waals surface area contributed by atoms with Crippen molar-refractivity contribution in [2.45, 2.75) is 51.8 Å². The summed E-state index contributed by atoms with van der Waals surface area (Å²) in [6.07, 6.45) is 4.22. The maximum absolute atomic E-state index is 6.47. The number of aryl methyl sites for hydroxylation is 1. The van der Waals surface area contributed by atoms with Crippen LogP contribution in [0, 0.1) is 20.8 Å². The number of hydrogen-bond donors (Lipinski definition) is 1. The van der Waals surface area contributed by atoms with Crippen LogP contribution in [0.4, 0.5) is 0 Å². The minimum Gasteiger partial charge on any atom is -0.376 e. The van der Waals surface area contributed by atoms with Gasteiger partial charge in [0.2, 0.25) is 0 Å². The summed E-state index contributed by atoms with van der Waals surface area (Å²) in [4.78, 5) is 6.98. The highest BCUT2D eigenvalue weighted by molar-refractivity contribution is 7.80. The number of halogens is 1. The van der Waals surface area contributed by atoms with Crippen molar-refractivity contribution >= 4 is 28.9 Å².